The molecule has 11 aromatic rings. The van der Waals surface area contributed by atoms with E-state index >= 15 is 0 Å². The van der Waals surface area contributed by atoms with E-state index in [4.69, 9.17) is 9.97 Å². The average Bonchev–Trinajstić information content (AvgIpc) is 3.98. The Bertz CT molecular complexity index is 4160. The molecule has 354 valence electrons. The monoisotopic (exact) mass is 958 g/mol. The van der Waals surface area contributed by atoms with Crippen molar-refractivity contribution in [3.05, 3.63) is 268 Å². The van der Waals surface area contributed by atoms with Crippen LogP contribution >= 0.6 is 0 Å². The van der Waals surface area contributed by atoms with Crippen LogP contribution in [-0.4, -0.2) is 16.7 Å². The van der Waals surface area contributed by atoms with Crippen LogP contribution in [0.1, 0.15) is 50.1 Å². The molecule has 15 rings (SSSR count). The summed E-state index contributed by atoms with van der Waals surface area (Å²) in [7, 11) is 0. The lowest BCUT2D eigenvalue weighted by molar-refractivity contribution is 0.794. The largest absolute Gasteiger partial charge is 0.311 e. The standard InChI is InChI=1S/C70H51BN4/c1-42-17-16-22-50(34-42)74-64-35-44(3)27-31-59(64)71-60-39-54-52-24-13-15-26-56(52)70(58(54)40-65(60)75(63-32-28-43(2)33-46(63)5)67-37-45(4)36-66(74)68(67)71)55-25-14-12-23-51(55)53-30-29-49(38-57(53)70)69-72-61(47-18-8-6-9-19-47)41-62(73-69)48-20-10-7-11-21-48/h6-41H,1-5H3. The summed E-state index contributed by atoms with van der Waals surface area (Å²) in [5, 5.41) is 0. The second-order valence-corrected chi connectivity index (χ2v) is 21.3. The average molecular weight is 959 g/mol. The van der Waals surface area contributed by atoms with Crippen LogP contribution < -0.4 is 26.2 Å². The molecule has 0 amide bonds. The van der Waals surface area contributed by atoms with E-state index in [2.05, 4.69) is 263 Å². The highest BCUT2D eigenvalue weighted by molar-refractivity contribution is 7.00. The van der Waals surface area contributed by atoms with Gasteiger partial charge in [0.1, 0.15) is 0 Å². The van der Waals surface area contributed by atoms with Gasteiger partial charge in [0, 0.05) is 50.8 Å². The first-order valence-electron chi connectivity index (χ1n) is 26.3. The number of anilines is 6. The lowest BCUT2D eigenvalue weighted by atomic mass is 9.33. The van der Waals surface area contributed by atoms with Gasteiger partial charge in [-0.15, -0.1) is 0 Å². The predicted molar refractivity (Wildman–Crippen MR) is 312 cm³/mol. The third kappa shape index (κ3) is 6.31. The van der Waals surface area contributed by atoms with Gasteiger partial charge in [-0.1, -0.05) is 169 Å². The molecule has 0 N–H and O–H groups in total. The van der Waals surface area contributed by atoms with Gasteiger partial charge in [0.15, 0.2) is 5.82 Å². The molecule has 5 heteroatoms. The van der Waals surface area contributed by atoms with E-state index in [-0.39, 0.29) is 6.71 Å². The van der Waals surface area contributed by atoms with Crippen molar-refractivity contribution < 1.29 is 0 Å². The quantitative estimate of drug-likeness (QED) is 0.161. The molecule has 1 unspecified atom stereocenters. The molecule has 4 nitrogen and oxygen atoms in total. The fourth-order valence-electron chi connectivity index (χ4n) is 13.5. The molecule has 0 bridgehead atoms. The van der Waals surface area contributed by atoms with Gasteiger partial charge in [-0.25, -0.2) is 9.97 Å². The van der Waals surface area contributed by atoms with Gasteiger partial charge in [-0.05, 0) is 172 Å². The Morgan fingerprint density at radius 2 is 0.920 bits per heavy atom. The smallest absolute Gasteiger partial charge is 0.252 e. The number of benzene rings is 10. The minimum absolute atomic E-state index is 0.0270. The van der Waals surface area contributed by atoms with E-state index in [0.717, 1.165) is 28.1 Å². The van der Waals surface area contributed by atoms with Crippen molar-refractivity contribution >= 4 is 57.2 Å². The zero-order valence-corrected chi connectivity index (χ0v) is 42.7. The first-order chi connectivity index (χ1) is 36.7. The second-order valence-electron chi connectivity index (χ2n) is 21.3. The molecule has 2 aliphatic carbocycles. The summed E-state index contributed by atoms with van der Waals surface area (Å²) >= 11 is 0. The minimum atomic E-state index is -0.641. The third-order valence-corrected chi connectivity index (χ3v) is 16.6. The third-order valence-electron chi connectivity index (χ3n) is 16.6. The van der Waals surface area contributed by atoms with Crippen molar-refractivity contribution in [1.82, 2.24) is 9.97 Å². The highest BCUT2D eigenvalue weighted by atomic mass is 15.2. The van der Waals surface area contributed by atoms with Gasteiger partial charge in [-0.3, -0.25) is 0 Å². The summed E-state index contributed by atoms with van der Waals surface area (Å²) in [6.07, 6.45) is 0. The first-order valence-corrected chi connectivity index (χ1v) is 26.3. The van der Waals surface area contributed by atoms with E-state index in [1.54, 1.807) is 0 Å². The van der Waals surface area contributed by atoms with Crippen molar-refractivity contribution in [2.24, 2.45) is 0 Å². The van der Waals surface area contributed by atoms with E-state index in [1.807, 2.05) is 0 Å². The molecule has 0 saturated heterocycles. The van der Waals surface area contributed by atoms with Gasteiger partial charge in [-0.2, -0.15) is 0 Å². The fraction of sp³-hybridized carbons (Fsp3) is 0.0857. The zero-order valence-electron chi connectivity index (χ0n) is 42.7. The minimum Gasteiger partial charge on any atom is -0.311 e. The van der Waals surface area contributed by atoms with E-state index in [1.165, 1.54) is 123 Å². The van der Waals surface area contributed by atoms with E-state index in [9.17, 15) is 0 Å². The first kappa shape index (κ1) is 43.5. The molecular weight excluding hydrogens is 908 g/mol. The molecule has 75 heavy (non-hydrogen) atoms. The number of fused-ring (bicyclic) bond motifs is 14. The lowest BCUT2D eigenvalue weighted by Crippen LogP contribution is -2.61. The van der Waals surface area contributed by atoms with Crippen molar-refractivity contribution in [2.45, 2.75) is 40.0 Å². The maximum absolute atomic E-state index is 5.38. The molecule has 0 saturated carbocycles. The van der Waals surface area contributed by atoms with Gasteiger partial charge in [0.25, 0.3) is 6.71 Å². The maximum Gasteiger partial charge on any atom is 0.252 e. The number of nitrogens with zero attached hydrogens (tertiary/aromatic N) is 4. The number of hydrogen-bond donors (Lipinski definition) is 0. The highest BCUT2D eigenvalue weighted by Crippen LogP contribution is 2.64. The highest BCUT2D eigenvalue weighted by Gasteiger charge is 2.54. The SMILES string of the molecule is Cc1cccc(N2c3cc(C)ccc3B3c4cc5c(cc4N(c4ccc(C)cc4C)c4cc(C)cc2c43)C2(c3ccccc3-c3ccc(-c4nc(-c6ccccc6)cc(-c6ccccc6)n4)cc32)c2ccccc2-5)c1. The molecule has 1 atom stereocenters. The Morgan fingerprint density at radius 1 is 0.347 bits per heavy atom. The van der Waals surface area contributed by atoms with Gasteiger partial charge >= 0.3 is 0 Å². The van der Waals surface area contributed by atoms with Crippen LogP contribution in [0.15, 0.2) is 218 Å². The summed E-state index contributed by atoms with van der Waals surface area (Å²) < 4.78 is 0. The van der Waals surface area contributed by atoms with Gasteiger partial charge in [0.2, 0.25) is 0 Å². The summed E-state index contributed by atoms with van der Waals surface area (Å²) in [6.45, 7) is 11.1. The topological polar surface area (TPSA) is 32.3 Å². The Morgan fingerprint density at radius 3 is 1.61 bits per heavy atom. The molecule has 10 aromatic carbocycles. The van der Waals surface area contributed by atoms with Crippen LogP contribution in [0, 0.1) is 34.6 Å². The number of rotatable bonds is 5. The normalized spacial score (nSPS) is 15.0. The van der Waals surface area contributed by atoms with Crippen LogP contribution in [0.2, 0.25) is 0 Å². The van der Waals surface area contributed by atoms with Crippen LogP contribution in [-0.2, 0) is 5.41 Å². The van der Waals surface area contributed by atoms with Crippen molar-refractivity contribution in [2.75, 3.05) is 9.80 Å². The second kappa shape index (κ2) is 16.2. The molecule has 2 aliphatic heterocycles. The number of aromatic nitrogens is 2. The molecule has 1 spiro atoms. The number of hydrogen-bond acceptors (Lipinski definition) is 4. The molecule has 3 heterocycles. The molecule has 0 fully saturated rings. The Labute approximate surface area is 439 Å². The molecule has 0 radical (unpaired) electrons. The zero-order chi connectivity index (χ0) is 50.3. The van der Waals surface area contributed by atoms with Crippen molar-refractivity contribution in [1.29, 1.82) is 0 Å². The predicted octanol–water partition coefficient (Wildman–Crippen LogP) is 15.4. The van der Waals surface area contributed by atoms with Crippen molar-refractivity contribution in [3.63, 3.8) is 0 Å². The van der Waals surface area contributed by atoms with Crippen LogP contribution in [0.5, 0.6) is 0 Å². The Kier molecular flexibility index (Phi) is 9.41. The van der Waals surface area contributed by atoms with E-state index in [0.29, 0.717) is 5.82 Å². The molecular formula is C70H51BN4. The summed E-state index contributed by atoms with van der Waals surface area (Å²) in [5.41, 5.74) is 31.9. The van der Waals surface area contributed by atoms with Gasteiger partial charge in [0.05, 0.1) is 16.8 Å². The Hall–Kier alpha value is -9.06. The van der Waals surface area contributed by atoms with Crippen molar-refractivity contribution in [3.8, 4) is 56.2 Å². The summed E-state index contributed by atoms with van der Waals surface area (Å²) in [6, 6.07) is 81.6. The summed E-state index contributed by atoms with van der Waals surface area (Å²) in [4.78, 5) is 15.9. The number of aryl methyl sites for hydroxylation is 5. The van der Waals surface area contributed by atoms with E-state index < -0.39 is 5.41 Å². The van der Waals surface area contributed by atoms with Gasteiger partial charge < -0.3 is 9.80 Å². The maximum atomic E-state index is 5.38. The van der Waals surface area contributed by atoms with Crippen LogP contribution in [0.4, 0.5) is 34.1 Å². The lowest BCUT2D eigenvalue weighted by Gasteiger charge is -2.45. The van der Waals surface area contributed by atoms with Crippen LogP contribution in [0.3, 0.4) is 0 Å². The molecule has 4 aliphatic rings. The fourth-order valence-corrected chi connectivity index (χ4v) is 13.5. The Balaban J connectivity index is 1.02. The summed E-state index contributed by atoms with van der Waals surface area (Å²) in [5.74, 6) is 0.704. The van der Waals surface area contributed by atoms with Crippen LogP contribution in [0.25, 0.3) is 56.2 Å². The molecule has 1 aromatic heterocycles.